The Morgan fingerprint density at radius 3 is 2.43 bits per heavy atom. The van der Waals surface area contributed by atoms with E-state index in [9.17, 15) is 5.26 Å². The zero-order valence-corrected chi connectivity index (χ0v) is 22.1. The zero-order chi connectivity index (χ0) is 24.4. The largest absolute Gasteiger partial charge is 0.440 e. The molecule has 2 aliphatic rings. The first-order valence-corrected chi connectivity index (χ1v) is 12.9. The highest BCUT2D eigenvalue weighted by Gasteiger charge is 2.37. The molecule has 4 nitrogen and oxygen atoms in total. The van der Waals surface area contributed by atoms with E-state index in [2.05, 4.69) is 91.4 Å². The molecule has 5 rings (SSSR count). The molecule has 0 spiro atoms. The fourth-order valence-electron chi connectivity index (χ4n) is 4.76. The Bertz CT molecular complexity index is 1400. The van der Waals surface area contributed by atoms with Crippen LogP contribution in [-0.4, -0.2) is 18.0 Å². The molecule has 1 atom stereocenters. The van der Waals surface area contributed by atoms with Gasteiger partial charge in [-0.1, -0.05) is 86.5 Å². The SMILES string of the molecule is N#CC1=C(N)OC2=C(CN(Cc3ccccc3)C/C2=C\c2cccc(Br)c2)C1c1cccc(Br)c1. The van der Waals surface area contributed by atoms with Gasteiger partial charge in [-0.15, -0.1) is 0 Å². The number of hydrogen-bond acceptors (Lipinski definition) is 4. The topological polar surface area (TPSA) is 62.3 Å². The molecule has 2 heterocycles. The van der Waals surface area contributed by atoms with Crippen molar-refractivity contribution in [2.75, 3.05) is 13.1 Å². The summed E-state index contributed by atoms with van der Waals surface area (Å²) >= 11 is 7.16. The van der Waals surface area contributed by atoms with Crippen LogP contribution in [0.2, 0.25) is 0 Å². The van der Waals surface area contributed by atoms with Crippen molar-refractivity contribution in [3.05, 3.63) is 133 Å². The summed E-state index contributed by atoms with van der Waals surface area (Å²) in [5.74, 6) is 0.675. The number of halogens is 2. The fraction of sp³-hybridized carbons (Fsp3) is 0.138. The normalized spacial score (nSPS) is 19.3. The van der Waals surface area contributed by atoms with E-state index in [1.165, 1.54) is 5.56 Å². The molecule has 0 saturated heterocycles. The van der Waals surface area contributed by atoms with Crippen LogP contribution >= 0.6 is 31.9 Å². The van der Waals surface area contributed by atoms with Gasteiger partial charge < -0.3 is 10.5 Å². The van der Waals surface area contributed by atoms with Crippen molar-refractivity contribution >= 4 is 37.9 Å². The first-order chi connectivity index (χ1) is 17.0. The van der Waals surface area contributed by atoms with Crippen molar-refractivity contribution in [2.45, 2.75) is 12.5 Å². The third kappa shape index (κ3) is 5.13. The number of nitriles is 1. The molecule has 0 amide bonds. The highest BCUT2D eigenvalue weighted by atomic mass is 79.9. The maximum Gasteiger partial charge on any atom is 0.205 e. The average Bonchev–Trinajstić information content (AvgIpc) is 2.84. The Labute approximate surface area is 222 Å². The number of ether oxygens (including phenoxy) is 1. The first kappa shape index (κ1) is 23.6. The van der Waals surface area contributed by atoms with E-state index in [-0.39, 0.29) is 11.8 Å². The number of benzene rings is 3. The molecular weight excluding hydrogens is 566 g/mol. The second-order valence-corrected chi connectivity index (χ2v) is 10.5. The van der Waals surface area contributed by atoms with E-state index in [0.29, 0.717) is 18.7 Å². The number of allylic oxidation sites excluding steroid dienone is 1. The minimum atomic E-state index is -0.272. The van der Waals surface area contributed by atoms with Gasteiger partial charge in [0.2, 0.25) is 5.88 Å². The number of rotatable bonds is 4. The molecule has 0 radical (unpaired) electrons. The Hall–Kier alpha value is -3.11. The number of nitrogens with zero attached hydrogens (tertiary/aromatic N) is 2. The van der Waals surface area contributed by atoms with Crippen LogP contribution in [0.25, 0.3) is 6.08 Å². The summed E-state index contributed by atoms with van der Waals surface area (Å²) in [4.78, 5) is 2.39. The summed E-state index contributed by atoms with van der Waals surface area (Å²) in [6.07, 6.45) is 2.15. The molecule has 0 fully saturated rings. The molecule has 0 bridgehead atoms. The number of hydrogen-bond donors (Lipinski definition) is 1. The van der Waals surface area contributed by atoms with E-state index in [1.54, 1.807) is 0 Å². The smallest absolute Gasteiger partial charge is 0.205 e. The van der Waals surface area contributed by atoms with Crippen molar-refractivity contribution in [2.24, 2.45) is 5.73 Å². The van der Waals surface area contributed by atoms with Crippen molar-refractivity contribution in [1.29, 1.82) is 5.26 Å². The second kappa shape index (κ2) is 10.2. The minimum Gasteiger partial charge on any atom is -0.440 e. The van der Waals surface area contributed by atoms with E-state index in [1.807, 2.05) is 36.4 Å². The van der Waals surface area contributed by atoms with Gasteiger partial charge in [-0.3, -0.25) is 4.90 Å². The van der Waals surface area contributed by atoms with E-state index in [0.717, 1.165) is 43.5 Å². The van der Waals surface area contributed by atoms with Crippen LogP contribution < -0.4 is 5.73 Å². The van der Waals surface area contributed by atoms with Crippen LogP contribution in [0.1, 0.15) is 22.6 Å². The number of nitrogens with two attached hydrogens (primary N) is 1. The minimum absolute atomic E-state index is 0.174. The fourth-order valence-corrected chi connectivity index (χ4v) is 5.59. The van der Waals surface area contributed by atoms with Gasteiger partial charge in [-0.05, 0) is 52.6 Å². The van der Waals surface area contributed by atoms with Crippen LogP contribution in [0.4, 0.5) is 0 Å². The Kier molecular flexibility index (Phi) is 6.92. The Balaban J connectivity index is 1.64. The van der Waals surface area contributed by atoms with E-state index < -0.39 is 0 Å². The predicted molar refractivity (Wildman–Crippen MR) is 146 cm³/mol. The zero-order valence-electron chi connectivity index (χ0n) is 18.9. The van der Waals surface area contributed by atoms with Crippen LogP contribution in [0, 0.1) is 11.3 Å². The van der Waals surface area contributed by atoms with E-state index >= 15 is 0 Å². The molecule has 0 saturated carbocycles. The maximum absolute atomic E-state index is 10.0. The lowest BCUT2D eigenvalue weighted by Crippen LogP contribution is -2.37. The van der Waals surface area contributed by atoms with Gasteiger partial charge in [0, 0.05) is 34.2 Å². The molecule has 174 valence electrons. The third-order valence-corrected chi connectivity index (χ3v) is 7.21. The molecule has 2 N–H and O–H groups in total. The summed E-state index contributed by atoms with van der Waals surface area (Å²) in [5.41, 5.74) is 12.2. The molecule has 3 aromatic rings. The van der Waals surface area contributed by atoms with Gasteiger partial charge in [-0.25, -0.2) is 0 Å². The molecule has 1 unspecified atom stereocenters. The molecule has 35 heavy (non-hydrogen) atoms. The van der Waals surface area contributed by atoms with Crippen LogP contribution in [0.3, 0.4) is 0 Å². The maximum atomic E-state index is 10.0. The summed E-state index contributed by atoms with van der Waals surface area (Å²) in [7, 11) is 0. The summed E-state index contributed by atoms with van der Waals surface area (Å²) in [6.45, 7) is 2.18. The lowest BCUT2D eigenvalue weighted by atomic mass is 9.80. The van der Waals surface area contributed by atoms with E-state index in [4.69, 9.17) is 10.5 Å². The van der Waals surface area contributed by atoms with Crippen LogP contribution in [0.15, 0.2) is 116 Å². The molecule has 0 aromatic heterocycles. The Morgan fingerprint density at radius 1 is 0.971 bits per heavy atom. The second-order valence-electron chi connectivity index (χ2n) is 8.69. The molecule has 3 aromatic carbocycles. The monoisotopic (exact) mass is 587 g/mol. The van der Waals surface area contributed by atoms with Crippen molar-refractivity contribution in [3.63, 3.8) is 0 Å². The van der Waals surface area contributed by atoms with Gasteiger partial charge in [0.25, 0.3) is 0 Å². The standard InChI is InChI=1S/C29H23Br2N3O/c30-23-10-4-8-20(13-23)12-22-17-34(16-19-6-2-1-3-7-19)18-26-27(21-9-5-11-24(31)14-21)25(15-32)29(33)35-28(22)26/h1-14,27H,16-18,33H2/b22-12+. The summed E-state index contributed by atoms with van der Waals surface area (Å²) in [5, 5.41) is 10.0. The average molecular weight is 589 g/mol. The van der Waals surface area contributed by atoms with Gasteiger partial charge in [0.15, 0.2) is 0 Å². The van der Waals surface area contributed by atoms with Gasteiger partial charge in [-0.2, -0.15) is 5.26 Å². The first-order valence-electron chi connectivity index (χ1n) is 11.3. The lowest BCUT2D eigenvalue weighted by Gasteiger charge is -2.38. The lowest BCUT2D eigenvalue weighted by molar-refractivity contribution is 0.230. The van der Waals surface area contributed by atoms with Gasteiger partial charge >= 0.3 is 0 Å². The van der Waals surface area contributed by atoms with Gasteiger partial charge in [0.05, 0.1) is 5.92 Å². The van der Waals surface area contributed by atoms with Crippen LogP contribution in [-0.2, 0) is 11.3 Å². The molecule has 2 aliphatic heterocycles. The highest BCUT2D eigenvalue weighted by molar-refractivity contribution is 9.10. The molecule has 0 aliphatic carbocycles. The highest BCUT2D eigenvalue weighted by Crippen LogP contribution is 2.44. The quantitative estimate of drug-likeness (QED) is 0.361. The van der Waals surface area contributed by atoms with Crippen molar-refractivity contribution < 1.29 is 4.74 Å². The Morgan fingerprint density at radius 2 is 1.71 bits per heavy atom. The van der Waals surface area contributed by atoms with Crippen molar-refractivity contribution in [1.82, 2.24) is 4.90 Å². The predicted octanol–water partition coefficient (Wildman–Crippen LogP) is 6.87. The molecule has 6 heteroatoms. The summed E-state index contributed by atoms with van der Waals surface area (Å²) in [6, 6.07) is 29.0. The van der Waals surface area contributed by atoms with Crippen LogP contribution in [0.5, 0.6) is 0 Å². The molecular formula is C29H23Br2N3O. The third-order valence-electron chi connectivity index (χ3n) is 6.23. The van der Waals surface area contributed by atoms with Gasteiger partial charge in [0.1, 0.15) is 17.4 Å². The van der Waals surface area contributed by atoms with Crippen molar-refractivity contribution in [3.8, 4) is 6.07 Å². The summed E-state index contributed by atoms with van der Waals surface area (Å²) < 4.78 is 8.16.